The molecule has 2 aromatic carbocycles. The van der Waals surface area contributed by atoms with Gasteiger partial charge in [0, 0.05) is 26.6 Å². The van der Waals surface area contributed by atoms with E-state index in [1.54, 1.807) is 6.92 Å². The second kappa shape index (κ2) is 5.60. The molecule has 3 heteroatoms. The summed E-state index contributed by atoms with van der Waals surface area (Å²) in [4.78, 5) is 16.0. The molecule has 3 rings (SSSR count). The first-order valence-corrected chi connectivity index (χ1v) is 7.33. The molecular weight excluding hydrogens is 260 g/mol. The molecule has 1 aliphatic rings. The SMILES string of the molecule is CC(=O)N1CCN(Cc2cccc(C)c2)c2ccccc21. The average molecular weight is 280 g/mol. The Morgan fingerprint density at radius 3 is 2.52 bits per heavy atom. The fraction of sp³-hybridized carbons (Fsp3) is 0.278. The Morgan fingerprint density at radius 1 is 1.05 bits per heavy atom. The zero-order valence-electron chi connectivity index (χ0n) is 12.5. The largest absolute Gasteiger partial charge is 0.364 e. The zero-order chi connectivity index (χ0) is 14.8. The maximum absolute atomic E-state index is 11.8. The summed E-state index contributed by atoms with van der Waals surface area (Å²) in [6, 6.07) is 16.7. The quantitative estimate of drug-likeness (QED) is 0.842. The number of anilines is 2. The summed E-state index contributed by atoms with van der Waals surface area (Å²) in [6.45, 7) is 6.24. The molecule has 0 aromatic heterocycles. The van der Waals surface area contributed by atoms with E-state index in [0.29, 0.717) is 0 Å². The van der Waals surface area contributed by atoms with Crippen LogP contribution in [0.3, 0.4) is 0 Å². The molecule has 2 aromatic rings. The minimum atomic E-state index is 0.109. The topological polar surface area (TPSA) is 23.6 Å². The lowest BCUT2D eigenvalue weighted by atomic mass is 10.1. The van der Waals surface area contributed by atoms with E-state index in [-0.39, 0.29) is 5.91 Å². The van der Waals surface area contributed by atoms with Crippen LogP contribution in [0.5, 0.6) is 0 Å². The fourth-order valence-electron chi connectivity index (χ4n) is 2.94. The molecule has 0 atom stereocenters. The highest BCUT2D eigenvalue weighted by atomic mass is 16.2. The molecule has 0 aliphatic carbocycles. The van der Waals surface area contributed by atoms with E-state index >= 15 is 0 Å². The van der Waals surface area contributed by atoms with Gasteiger partial charge in [-0.2, -0.15) is 0 Å². The number of nitrogens with zero attached hydrogens (tertiary/aromatic N) is 2. The predicted molar refractivity (Wildman–Crippen MR) is 86.7 cm³/mol. The first kappa shape index (κ1) is 13.7. The van der Waals surface area contributed by atoms with Crippen LogP contribution in [0, 0.1) is 6.92 Å². The molecule has 0 N–H and O–H groups in total. The van der Waals surface area contributed by atoms with Crippen molar-refractivity contribution in [2.75, 3.05) is 22.9 Å². The molecule has 1 aliphatic heterocycles. The fourth-order valence-corrected chi connectivity index (χ4v) is 2.94. The number of hydrogen-bond acceptors (Lipinski definition) is 2. The molecule has 0 unspecified atom stereocenters. The second-order valence-corrected chi connectivity index (χ2v) is 5.57. The summed E-state index contributed by atoms with van der Waals surface area (Å²) < 4.78 is 0. The lowest BCUT2D eigenvalue weighted by Gasteiger charge is -2.37. The predicted octanol–water partition coefficient (Wildman–Crippen LogP) is 3.37. The summed E-state index contributed by atoms with van der Waals surface area (Å²) in [6.07, 6.45) is 0. The Morgan fingerprint density at radius 2 is 1.81 bits per heavy atom. The molecule has 0 radical (unpaired) electrons. The van der Waals surface area contributed by atoms with Crippen molar-refractivity contribution in [2.24, 2.45) is 0 Å². The minimum Gasteiger partial charge on any atom is -0.364 e. The third-order valence-electron chi connectivity index (χ3n) is 3.94. The lowest BCUT2D eigenvalue weighted by molar-refractivity contribution is -0.116. The number of aryl methyl sites for hydroxylation is 1. The van der Waals surface area contributed by atoms with E-state index in [1.165, 1.54) is 11.1 Å². The Labute approximate surface area is 125 Å². The summed E-state index contributed by atoms with van der Waals surface area (Å²) in [5.74, 6) is 0.109. The zero-order valence-corrected chi connectivity index (χ0v) is 12.5. The van der Waals surface area contributed by atoms with Crippen molar-refractivity contribution >= 4 is 17.3 Å². The highest BCUT2D eigenvalue weighted by Gasteiger charge is 2.24. The van der Waals surface area contributed by atoms with E-state index in [0.717, 1.165) is 31.0 Å². The number of rotatable bonds is 2. The number of amides is 1. The normalized spacial score (nSPS) is 14.0. The standard InChI is InChI=1S/C18H20N2O/c1-14-6-5-7-16(12-14)13-19-10-11-20(15(2)21)18-9-4-3-8-17(18)19/h3-9,12H,10-11,13H2,1-2H3. The number of para-hydroxylation sites is 2. The third-order valence-corrected chi connectivity index (χ3v) is 3.94. The van der Waals surface area contributed by atoms with Gasteiger partial charge in [-0.3, -0.25) is 4.79 Å². The number of carbonyl (C=O) groups is 1. The molecule has 0 bridgehead atoms. The van der Waals surface area contributed by atoms with E-state index in [1.807, 2.05) is 23.1 Å². The van der Waals surface area contributed by atoms with E-state index < -0.39 is 0 Å². The highest BCUT2D eigenvalue weighted by molar-refractivity contribution is 5.96. The van der Waals surface area contributed by atoms with Crippen LogP contribution in [-0.2, 0) is 11.3 Å². The third kappa shape index (κ3) is 2.77. The van der Waals surface area contributed by atoms with Crippen LogP contribution in [0.25, 0.3) is 0 Å². The number of carbonyl (C=O) groups excluding carboxylic acids is 1. The van der Waals surface area contributed by atoms with E-state index in [9.17, 15) is 4.79 Å². The van der Waals surface area contributed by atoms with Crippen molar-refractivity contribution < 1.29 is 4.79 Å². The van der Waals surface area contributed by atoms with Gasteiger partial charge in [-0.05, 0) is 24.6 Å². The van der Waals surface area contributed by atoms with Crippen molar-refractivity contribution in [1.82, 2.24) is 0 Å². The summed E-state index contributed by atoms with van der Waals surface area (Å²) in [5, 5.41) is 0. The van der Waals surface area contributed by atoms with Gasteiger partial charge in [0.05, 0.1) is 11.4 Å². The van der Waals surface area contributed by atoms with Gasteiger partial charge in [-0.25, -0.2) is 0 Å². The van der Waals surface area contributed by atoms with E-state index in [2.05, 4.69) is 42.2 Å². The van der Waals surface area contributed by atoms with Gasteiger partial charge in [0.2, 0.25) is 5.91 Å². The molecule has 0 spiro atoms. The lowest BCUT2D eigenvalue weighted by Crippen LogP contribution is -2.42. The number of benzene rings is 2. The molecular formula is C18H20N2O. The van der Waals surface area contributed by atoms with Crippen molar-refractivity contribution in [1.29, 1.82) is 0 Å². The monoisotopic (exact) mass is 280 g/mol. The van der Waals surface area contributed by atoms with Gasteiger partial charge >= 0.3 is 0 Å². The smallest absolute Gasteiger partial charge is 0.223 e. The van der Waals surface area contributed by atoms with Crippen molar-refractivity contribution in [2.45, 2.75) is 20.4 Å². The van der Waals surface area contributed by atoms with Crippen LogP contribution in [-0.4, -0.2) is 19.0 Å². The Hall–Kier alpha value is -2.29. The van der Waals surface area contributed by atoms with Crippen LogP contribution in [0.2, 0.25) is 0 Å². The van der Waals surface area contributed by atoms with Crippen LogP contribution in [0.4, 0.5) is 11.4 Å². The van der Waals surface area contributed by atoms with Crippen LogP contribution in [0.15, 0.2) is 48.5 Å². The average Bonchev–Trinajstić information content (AvgIpc) is 2.47. The molecule has 0 fully saturated rings. The maximum atomic E-state index is 11.8. The number of fused-ring (bicyclic) bond motifs is 1. The highest BCUT2D eigenvalue weighted by Crippen LogP contribution is 2.33. The van der Waals surface area contributed by atoms with Crippen LogP contribution in [0.1, 0.15) is 18.1 Å². The second-order valence-electron chi connectivity index (χ2n) is 5.57. The maximum Gasteiger partial charge on any atom is 0.223 e. The first-order chi connectivity index (χ1) is 10.1. The Kier molecular flexibility index (Phi) is 3.65. The minimum absolute atomic E-state index is 0.109. The van der Waals surface area contributed by atoms with Crippen LogP contribution < -0.4 is 9.80 Å². The molecule has 3 nitrogen and oxygen atoms in total. The molecule has 21 heavy (non-hydrogen) atoms. The summed E-state index contributed by atoms with van der Waals surface area (Å²) in [7, 11) is 0. The summed E-state index contributed by atoms with van der Waals surface area (Å²) in [5.41, 5.74) is 4.74. The molecule has 1 heterocycles. The van der Waals surface area contributed by atoms with E-state index in [4.69, 9.17) is 0 Å². The molecule has 0 saturated carbocycles. The van der Waals surface area contributed by atoms with Crippen molar-refractivity contribution in [3.8, 4) is 0 Å². The summed E-state index contributed by atoms with van der Waals surface area (Å²) >= 11 is 0. The van der Waals surface area contributed by atoms with Crippen LogP contribution >= 0.6 is 0 Å². The molecule has 108 valence electrons. The van der Waals surface area contributed by atoms with Crippen molar-refractivity contribution in [3.05, 3.63) is 59.7 Å². The van der Waals surface area contributed by atoms with Gasteiger partial charge < -0.3 is 9.80 Å². The van der Waals surface area contributed by atoms with Gasteiger partial charge in [-0.15, -0.1) is 0 Å². The van der Waals surface area contributed by atoms with Gasteiger partial charge in [0.1, 0.15) is 0 Å². The van der Waals surface area contributed by atoms with Gasteiger partial charge in [0.25, 0.3) is 0 Å². The van der Waals surface area contributed by atoms with Gasteiger partial charge in [-0.1, -0.05) is 42.0 Å². The number of hydrogen-bond donors (Lipinski definition) is 0. The molecule has 1 amide bonds. The Balaban J connectivity index is 1.91. The molecule has 0 saturated heterocycles. The Bertz CT molecular complexity index is 666. The van der Waals surface area contributed by atoms with Gasteiger partial charge in [0.15, 0.2) is 0 Å². The first-order valence-electron chi connectivity index (χ1n) is 7.33. The van der Waals surface area contributed by atoms with Crippen molar-refractivity contribution in [3.63, 3.8) is 0 Å².